The van der Waals surface area contributed by atoms with Crippen molar-refractivity contribution in [3.63, 3.8) is 0 Å². The number of benzene rings is 2. The van der Waals surface area contributed by atoms with Crippen LogP contribution in [0, 0.1) is 5.82 Å². The molecule has 0 saturated carbocycles. The number of anilines is 1. The first-order chi connectivity index (χ1) is 12.6. The maximum atomic E-state index is 13.2. The fourth-order valence-electron chi connectivity index (χ4n) is 3.26. The number of nitrogens with zero attached hydrogens (tertiary/aromatic N) is 2. The zero-order chi connectivity index (χ0) is 18.0. The number of hydrogen-bond donors (Lipinski definition) is 3. The highest BCUT2D eigenvalue weighted by Gasteiger charge is 2.40. The molecule has 0 unspecified atom stereocenters. The van der Waals surface area contributed by atoms with Crippen molar-refractivity contribution in [1.29, 1.82) is 0 Å². The van der Waals surface area contributed by atoms with Gasteiger partial charge in [-0.3, -0.25) is 9.89 Å². The average Bonchev–Trinajstić information content (AvgIpc) is 3.14. The largest absolute Gasteiger partial charge is 0.326 e. The molecule has 3 N–H and O–H groups in total. The lowest BCUT2D eigenvalue weighted by molar-refractivity contribution is -0.117. The smallest absolute Gasteiger partial charge is 0.225 e. The molecule has 1 aliphatic rings. The van der Waals surface area contributed by atoms with E-state index in [0.717, 1.165) is 11.1 Å². The van der Waals surface area contributed by atoms with E-state index in [-0.39, 0.29) is 17.1 Å². The third kappa shape index (κ3) is 3.21. The van der Waals surface area contributed by atoms with Crippen LogP contribution in [0.2, 0.25) is 0 Å². The molecule has 2 aromatic carbocycles. The first kappa shape index (κ1) is 16.4. The molecule has 7 heteroatoms. The van der Waals surface area contributed by atoms with E-state index in [4.69, 9.17) is 0 Å². The molecule has 4 rings (SSSR count). The molecule has 1 fully saturated rings. The summed E-state index contributed by atoms with van der Waals surface area (Å²) in [4.78, 5) is 16.7. The molecule has 1 saturated heterocycles. The Hall–Kier alpha value is -3.06. The van der Waals surface area contributed by atoms with Crippen LogP contribution in [-0.2, 0) is 10.2 Å². The van der Waals surface area contributed by atoms with E-state index in [1.165, 1.54) is 18.5 Å². The zero-order valence-electron chi connectivity index (χ0n) is 14.0. The fourth-order valence-corrected chi connectivity index (χ4v) is 3.26. The molecule has 1 amide bonds. The SMILES string of the molecule is O=C(CC1(c2ccc(F)cc2)CNC1)Nc1cccc(-c2ncn[nH]2)c1. The molecule has 0 radical (unpaired) electrons. The van der Waals surface area contributed by atoms with Crippen LogP contribution in [0.5, 0.6) is 0 Å². The number of carbonyl (C=O) groups excluding carboxylic acids is 1. The standard InChI is InChI=1S/C19H18FN5O/c20-15-6-4-14(5-7-15)19(10-21-11-19)9-17(26)24-16-3-1-2-13(8-16)18-22-12-23-25-18/h1-8,12,21H,9-11H2,(H,24,26)(H,22,23,25). The van der Waals surface area contributed by atoms with Crippen molar-refractivity contribution in [2.75, 3.05) is 18.4 Å². The second-order valence-corrected chi connectivity index (χ2v) is 6.53. The van der Waals surface area contributed by atoms with Gasteiger partial charge in [0, 0.05) is 36.2 Å². The molecular weight excluding hydrogens is 333 g/mol. The highest BCUT2D eigenvalue weighted by molar-refractivity contribution is 5.92. The summed E-state index contributed by atoms with van der Waals surface area (Å²) in [7, 11) is 0. The number of aromatic amines is 1. The number of aromatic nitrogens is 3. The lowest BCUT2D eigenvalue weighted by Gasteiger charge is -2.42. The Labute approximate surface area is 149 Å². The number of rotatable bonds is 5. The van der Waals surface area contributed by atoms with E-state index < -0.39 is 0 Å². The lowest BCUT2D eigenvalue weighted by Crippen LogP contribution is -2.58. The summed E-state index contributed by atoms with van der Waals surface area (Å²) in [5, 5.41) is 12.8. The molecule has 132 valence electrons. The van der Waals surface area contributed by atoms with Crippen LogP contribution in [-0.4, -0.2) is 34.2 Å². The molecule has 1 aliphatic heterocycles. The quantitative estimate of drug-likeness (QED) is 0.659. The van der Waals surface area contributed by atoms with Crippen molar-refractivity contribution in [2.45, 2.75) is 11.8 Å². The van der Waals surface area contributed by atoms with Gasteiger partial charge >= 0.3 is 0 Å². The minimum absolute atomic E-state index is 0.0782. The summed E-state index contributed by atoms with van der Waals surface area (Å²) in [5.74, 6) is 0.294. The second-order valence-electron chi connectivity index (χ2n) is 6.53. The summed E-state index contributed by atoms with van der Waals surface area (Å²) in [6, 6.07) is 13.8. The monoisotopic (exact) mass is 351 g/mol. The summed E-state index contributed by atoms with van der Waals surface area (Å²) < 4.78 is 13.2. The molecule has 3 aromatic rings. The number of amides is 1. The maximum Gasteiger partial charge on any atom is 0.225 e. The summed E-state index contributed by atoms with van der Waals surface area (Å²) in [5.41, 5.74) is 2.23. The third-order valence-corrected chi connectivity index (χ3v) is 4.72. The maximum absolute atomic E-state index is 13.2. The van der Waals surface area contributed by atoms with Gasteiger partial charge in [0.05, 0.1) is 0 Å². The normalized spacial score (nSPS) is 15.3. The van der Waals surface area contributed by atoms with Crippen molar-refractivity contribution in [1.82, 2.24) is 20.5 Å². The van der Waals surface area contributed by atoms with Crippen molar-refractivity contribution in [3.05, 3.63) is 66.2 Å². The van der Waals surface area contributed by atoms with Crippen molar-refractivity contribution < 1.29 is 9.18 Å². The van der Waals surface area contributed by atoms with Gasteiger partial charge in [0.25, 0.3) is 0 Å². The van der Waals surface area contributed by atoms with Gasteiger partial charge in [0.1, 0.15) is 12.1 Å². The molecule has 6 nitrogen and oxygen atoms in total. The summed E-state index contributed by atoms with van der Waals surface area (Å²) in [6.07, 6.45) is 1.77. The predicted molar refractivity (Wildman–Crippen MR) is 96.0 cm³/mol. The molecule has 2 heterocycles. The fraction of sp³-hybridized carbons (Fsp3) is 0.211. The van der Waals surface area contributed by atoms with Gasteiger partial charge in [-0.15, -0.1) is 0 Å². The molecule has 26 heavy (non-hydrogen) atoms. The molecule has 0 aliphatic carbocycles. The molecule has 0 bridgehead atoms. The number of halogens is 1. The Bertz CT molecular complexity index is 904. The third-order valence-electron chi connectivity index (χ3n) is 4.72. The summed E-state index contributed by atoms with van der Waals surface area (Å²) in [6.45, 7) is 1.40. The van der Waals surface area contributed by atoms with Gasteiger partial charge in [-0.2, -0.15) is 5.10 Å². The van der Waals surface area contributed by atoms with Crippen LogP contribution in [0.15, 0.2) is 54.9 Å². The van der Waals surface area contributed by atoms with E-state index in [2.05, 4.69) is 25.8 Å². The molecule has 1 aromatic heterocycles. The van der Waals surface area contributed by atoms with E-state index in [1.54, 1.807) is 12.1 Å². The van der Waals surface area contributed by atoms with Gasteiger partial charge in [0.15, 0.2) is 5.82 Å². The second kappa shape index (κ2) is 6.68. The minimum Gasteiger partial charge on any atom is -0.326 e. The van der Waals surface area contributed by atoms with Gasteiger partial charge in [-0.05, 0) is 29.8 Å². The Balaban J connectivity index is 1.48. The van der Waals surface area contributed by atoms with Crippen LogP contribution >= 0.6 is 0 Å². The van der Waals surface area contributed by atoms with Gasteiger partial charge in [-0.1, -0.05) is 24.3 Å². The van der Waals surface area contributed by atoms with Crippen molar-refractivity contribution in [3.8, 4) is 11.4 Å². The summed E-state index contributed by atoms with van der Waals surface area (Å²) >= 11 is 0. The molecule has 0 atom stereocenters. The van der Waals surface area contributed by atoms with Crippen LogP contribution in [0.4, 0.5) is 10.1 Å². The minimum atomic E-state index is -0.291. The Morgan fingerprint density at radius 3 is 2.65 bits per heavy atom. The first-order valence-corrected chi connectivity index (χ1v) is 8.37. The van der Waals surface area contributed by atoms with Crippen LogP contribution in [0.25, 0.3) is 11.4 Å². The highest BCUT2D eigenvalue weighted by atomic mass is 19.1. The van der Waals surface area contributed by atoms with Gasteiger partial charge in [-0.25, -0.2) is 9.37 Å². The number of carbonyl (C=O) groups is 1. The van der Waals surface area contributed by atoms with Crippen molar-refractivity contribution in [2.24, 2.45) is 0 Å². The highest BCUT2D eigenvalue weighted by Crippen LogP contribution is 2.33. The number of hydrogen-bond acceptors (Lipinski definition) is 4. The Morgan fingerprint density at radius 1 is 1.19 bits per heavy atom. The van der Waals surface area contributed by atoms with E-state index in [9.17, 15) is 9.18 Å². The van der Waals surface area contributed by atoms with Crippen molar-refractivity contribution >= 4 is 11.6 Å². The lowest BCUT2D eigenvalue weighted by atomic mass is 9.72. The number of H-pyrrole nitrogens is 1. The van der Waals surface area contributed by atoms with Gasteiger partial charge < -0.3 is 10.6 Å². The zero-order valence-corrected chi connectivity index (χ0v) is 14.0. The van der Waals surface area contributed by atoms with Crippen LogP contribution < -0.4 is 10.6 Å². The molecule has 0 spiro atoms. The Kier molecular flexibility index (Phi) is 4.22. The van der Waals surface area contributed by atoms with E-state index in [1.807, 2.05) is 24.3 Å². The van der Waals surface area contributed by atoms with Gasteiger partial charge in [0.2, 0.25) is 5.91 Å². The average molecular weight is 351 g/mol. The van der Waals surface area contributed by atoms with Crippen LogP contribution in [0.1, 0.15) is 12.0 Å². The van der Waals surface area contributed by atoms with Crippen LogP contribution in [0.3, 0.4) is 0 Å². The Morgan fingerprint density at radius 2 is 2.00 bits per heavy atom. The number of nitrogens with one attached hydrogen (secondary N) is 3. The first-order valence-electron chi connectivity index (χ1n) is 8.37. The topological polar surface area (TPSA) is 82.7 Å². The van der Waals surface area contributed by atoms with E-state index in [0.29, 0.717) is 31.0 Å². The predicted octanol–water partition coefficient (Wildman–Crippen LogP) is 2.48. The van der Waals surface area contributed by atoms with E-state index >= 15 is 0 Å². The molecular formula is C19H18FN5O.